The third kappa shape index (κ3) is 4.07. The molecule has 0 spiro atoms. The topological polar surface area (TPSA) is 84.9 Å². The first-order valence-corrected chi connectivity index (χ1v) is 12.4. The average molecular weight is 483 g/mol. The van der Waals surface area contributed by atoms with Gasteiger partial charge in [-0.05, 0) is 73.9 Å². The summed E-state index contributed by atoms with van der Waals surface area (Å²) in [6.45, 7) is 2.04. The number of fused-ring (bicyclic) bond motifs is 2. The van der Waals surface area contributed by atoms with Crippen molar-refractivity contribution in [2.75, 3.05) is 16.2 Å². The lowest BCUT2D eigenvalue weighted by Crippen LogP contribution is -2.46. The molecule has 0 saturated heterocycles. The third-order valence-electron chi connectivity index (χ3n) is 5.93. The maximum Gasteiger partial charge on any atom is 0.269 e. The second-order valence-corrected chi connectivity index (χ2v) is 10.1. The van der Waals surface area contributed by atoms with Gasteiger partial charge in [-0.25, -0.2) is 12.8 Å². The zero-order chi connectivity index (χ0) is 23.9. The Balaban J connectivity index is 1.40. The number of anilines is 2. The number of para-hydroxylation sites is 2. The Bertz CT molecular complexity index is 1340. The average Bonchev–Trinajstić information content (AvgIpc) is 2.83. The van der Waals surface area contributed by atoms with Crippen molar-refractivity contribution in [3.05, 3.63) is 78.1 Å². The molecule has 7 nitrogen and oxygen atoms in total. The standard InChI is InChI=1S/C25H23FN2O5S/c1-16-24(33-23-7-3-2-6-22(23)32-16)25(29)27-19-11-8-17-5-4-14-28(21(17)15-19)34(30,31)20-12-9-18(26)10-13-20/h2-3,6-13,15-16,24H,4-5,14H2,1H3,(H,27,29)/t16-,24-/m1/s1. The van der Waals surface area contributed by atoms with Gasteiger partial charge < -0.3 is 14.8 Å². The van der Waals surface area contributed by atoms with Crippen LogP contribution in [0.15, 0.2) is 71.6 Å². The molecule has 1 amide bonds. The minimum Gasteiger partial charge on any atom is -0.482 e. The first kappa shape index (κ1) is 22.2. The molecular weight excluding hydrogens is 459 g/mol. The lowest BCUT2D eigenvalue weighted by Gasteiger charge is -2.32. The van der Waals surface area contributed by atoms with Crippen LogP contribution in [-0.2, 0) is 21.2 Å². The van der Waals surface area contributed by atoms with Crippen LogP contribution in [0.4, 0.5) is 15.8 Å². The van der Waals surface area contributed by atoms with Crippen LogP contribution in [0.25, 0.3) is 0 Å². The molecule has 3 aromatic carbocycles. The number of nitrogens with one attached hydrogen (secondary N) is 1. The highest BCUT2D eigenvalue weighted by Gasteiger charge is 2.35. The van der Waals surface area contributed by atoms with Crippen molar-refractivity contribution in [2.45, 2.75) is 36.9 Å². The molecule has 2 aliphatic heterocycles. The van der Waals surface area contributed by atoms with Gasteiger partial charge in [-0.15, -0.1) is 0 Å². The van der Waals surface area contributed by atoms with E-state index in [-0.39, 0.29) is 11.4 Å². The van der Waals surface area contributed by atoms with Crippen molar-refractivity contribution in [1.82, 2.24) is 0 Å². The monoisotopic (exact) mass is 482 g/mol. The SMILES string of the molecule is C[C@H]1Oc2ccccc2O[C@H]1C(=O)Nc1ccc2c(c1)N(S(=O)(=O)c1ccc(F)cc1)CCC2. The first-order valence-electron chi connectivity index (χ1n) is 11.0. The van der Waals surface area contributed by atoms with Gasteiger partial charge in [-0.1, -0.05) is 18.2 Å². The quantitative estimate of drug-likeness (QED) is 0.604. The molecule has 34 heavy (non-hydrogen) atoms. The molecule has 0 saturated carbocycles. The summed E-state index contributed by atoms with van der Waals surface area (Å²) in [4.78, 5) is 13.0. The lowest BCUT2D eigenvalue weighted by molar-refractivity contribution is -0.128. The molecule has 2 atom stereocenters. The number of carbonyl (C=O) groups is 1. The van der Waals surface area contributed by atoms with Crippen LogP contribution >= 0.6 is 0 Å². The Kier molecular flexibility index (Phi) is 5.65. The van der Waals surface area contributed by atoms with E-state index in [0.717, 1.165) is 17.7 Å². The Morgan fingerprint density at radius 2 is 1.74 bits per heavy atom. The summed E-state index contributed by atoms with van der Waals surface area (Å²) < 4.78 is 52.9. The second-order valence-electron chi connectivity index (χ2n) is 8.28. The molecule has 0 fully saturated rings. The normalized spacial score (nSPS) is 19.3. The van der Waals surface area contributed by atoms with Gasteiger partial charge in [0.15, 0.2) is 11.5 Å². The van der Waals surface area contributed by atoms with Crippen molar-refractivity contribution in [3.63, 3.8) is 0 Å². The number of nitrogens with zero attached hydrogens (tertiary/aromatic N) is 1. The van der Waals surface area contributed by atoms with Gasteiger partial charge in [0.1, 0.15) is 11.9 Å². The summed E-state index contributed by atoms with van der Waals surface area (Å²) >= 11 is 0. The van der Waals surface area contributed by atoms with E-state index in [1.807, 2.05) is 12.1 Å². The van der Waals surface area contributed by atoms with Crippen molar-refractivity contribution < 1.29 is 27.1 Å². The minimum absolute atomic E-state index is 0.0106. The van der Waals surface area contributed by atoms with E-state index in [9.17, 15) is 17.6 Å². The van der Waals surface area contributed by atoms with Crippen LogP contribution in [0.3, 0.4) is 0 Å². The summed E-state index contributed by atoms with van der Waals surface area (Å²) in [6, 6.07) is 17.1. The molecule has 0 aliphatic carbocycles. The van der Waals surface area contributed by atoms with E-state index in [0.29, 0.717) is 35.7 Å². The van der Waals surface area contributed by atoms with Gasteiger partial charge in [0.25, 0.3) is 15.9 Å². The minimum atomic E-state index is -3.89. The first-order chi connectivity index (χ1) is 16.3. The van der Waals surface area contributed by atoms with Gasteiger partial charge in [0, 0.05) is 12.2 Å². The molecular formula is C25H23FN2O5S. The van der Waals surface area contributed by atoms with Crippen LogP contribution in [0.2, 0.25) is 0 Å². The van der Waals surface area contributed by atoms with E-state index in [2.05, 4.69) is 5.32 Å². The van der Waals surface area contributed by atoms with Gasteiger partial charge >= 0.3 is 0 Å². The van der Waals surface area contributed by atoms with Crippen LogP contribution in [0, 0.1) is 5.82 Å². The summed E-state index contributed by atoms with van der Waals surface area (Å²) in [5.74, 6) is 0.164. The summed E-state index contributed by atoms with van der Waals surface area (Å²) in [5.41, 5.74) is 1.79. The van der Waals surface area contributed by atoms with E-state index in [1.165, 1.54) is 16.4 Å². The fourth-order valence-electron chi connectivity index (χ4n) is 4.22. The number of hydrogen-bond acceptors (Lipinski definition) is 5. The van der Waals surface area contributed by atoms with Gasteiger partial charge in [0.2, 0.25) is 6.10 Å². The number of halogens is 1. The predicted molar refractivity (Wildman–Crippen MR) is 125 cm³/mol. The zero-order valence-corrected chi connectivity index (χ0v) is 19.2. The highest BCUT2D eigenvalue weighted by Crippen LogP contribution is 2.36. The van der Waals surface area contributed by atoms with Crippen LogP contribution < -0.4 is 19.1 Å². The van der Waals surface area contributed by atoms with Gasteiger partial charge in [-0.2, -0.15) is 0 Å². The maximum atomic E-state index is 13.3. The van der Waals surface area contributed by atoms with E-state index in [1.54, 1.807) is 37.3 Å². The van der Waals surface area contributed by atoms with Crippen molar-refractivity contribution in [3.8, 4) is 11.5 Å². The summed E-state index contributed by atoms with van der Waals surface area (Å²) in [6.07, 6.45) is -0.0109. The number of rotatable bonds is 4. The number of benzene rings is 3. The maximum absolute atomic E-state index is 13.3. The molecule has 9 heteroatoms. The smallest absolute Gasteiger partial charge is 0.269 e. The molecule has 2 heterocycles. The number of carbonyl (C=O) groups excluding carboxylic acids is 1. The molecule has 176 valence electrons. The van der Waals surface area contributed by atoms with Crippen LogP contribution in [0.5, 0.6) is 11.5 Å². The van der Waals surface area contributed by atoms with Crippen LogP contribution in [0.1, 0.15) is 18.9 Å². The third-order valence-corrected chi connectivity index (χ3v) is 7.76. The summed E-state index contributed by atoms with van der Waals surface area (Å²) in [5, 5.41) is 2.83. The second kappa shape index (κ2) is 8.64. The molecule has 0 aromatic heterocycles. The van der Waals surface area contributed by atoms with Crippen molar-refractivity contribution in [2.24, 2.45) is 0 Å². The summed E-state index contributed by atoms with van der Waals surface area (Å²) in [7, 11) is -3.89. The highest BCUT2D eigenvalue weighted by atomic mass is 32.2. The fourth-order valence-corrected chi connectivity index (χ4v) is 5.75. The Labute approximate surface area is 197 Å². The van der Waals surface area contributed by atoms with Gasteiger partial charge in [0.05, 0.1) is 10.6 Å². The van der Waals surface area contributed by atoms with Crippen LogP contribution in [-0.4, -0.2) is 33.1 Å². The molecule has 0 radical (unpaired) electrons. The number of ether oxygens (including phenoxy) is 2. The molecule has 2 aliphatic rings. The lowest BCUT2D eigenvalue weighted by atomic mass is 10.0. The largest absolute Gasteiger partial charge is 0.482 e. The van der Waals surface area contributed by atoms with Gasteiger partial charge in [-0.3, -0.25) is 9.10 Å². The number of sulfonamides is 1. The number of aryl methyl sites for hydroxylation is 1. The molecule has 5 rings (SSSR count). The zero-order valence-electron chi connectivity index (χ0n) is 18.4. The molecule has 1 N–H and O–H groups in total. The number of hydrogen-bond donors (Lipinski definition) is 1. The predicted octanol–water partition coefficient (Wildman–Crippen LogP) is 4.13. The van der Waals surface area contributed by atoms with E-state index in [4.69, 9.17) is 9.47 Å². The highest BCUT2D eigenvalue weighted by molar-refractivity contribution is 7.92. The van der Waals surface area contributed by atoms with E-state index >= 15 is 0 Å². The Morgan fingerprint density at radius 3 is 2.47 bits per heavy atom. The molecule has 0 bridgehead atoms. The van der Waals surface area contributed by atoms with E-state index < -0.39 is 34.0 Å². The van der Waals surface area contributed by atoms with Crippen molar-refractivity contribution in [1.29, 1.82) is 0 Å². The molecule has 3 aromatic rings. The molecule has 0 unspecified atom stereocenters. The Hall–Kier alpha value is -3.59. The fraction of sp³-hybridized carbons (Fsp3) is 0.240. The number of amides is 1. The Morgan fingerprint density at radius 1 is 1.03 bits per heavy atom. The van der Waals surface area contributed by atoms with Crippen molar-refractivity contribution >= 4 is 27.3 Å².